The van der Waals surface area contributed by atoms with E-state index in [0.29, 0.717) is 0 Å². The third-order valence-corrected chi connectivity index (χ3v) is 0.885. The Labute approximate surface area is 73.7 Å². The summed E-state index contributed by atoms with van der Waals surface area (Å²) in [4.78, 5) is 10.7. The van der Waals surface area contributed by atoms with Gasteiger partial charge in [-0.2, -0.15) is 13.2 Å². The molecule has 0 aromatic carbocycles. The first kappa shape index (κ1) is 12.0. The molecule has 0 radical (unpaired) electrons. The van der Waals surface area contributed by atoms with Crippen molar-refractivity contribution in [2.75, 3.05) is 6.54 Å². The van der Waals surface area contributed by atoms with Crippen LogP contribution in [-0.2, 0) is 0 Å². The molecule has 0 aliphatic rings. The lowest BCUT2D eigenvalue weighted by atomic mass is 10.3. The Bertz CT molecular complexity index is 185. The molecule has 0 heterocycles. The smallest absolute Gasteiger partial charge is 0.329 e. The van der Waals surface area contributed by atoms with Crippen LogP contribution in [0, 0.1) is 0 Å². The van der Waals surface area contributed by atoms with Gasteiger partial charge >= 0.3 is 12.2 Å². The fourth-order valence-electron chi connectivity index (χ4n) is 0.517. The average molecular weight is 199 g/mol. The second-order valence-corrected chi connectivity index (χ2v) is 3.14. The molecular formula is C6H12F3N3O. The zero-order chi connectivity index (χ0) is 10.7. The Hall–Kier alpha value is -0.980. The molecule has 0 bridgehead atoms. The topological polar surface area (TPSA) is 67.1 Å². The number of amides is 2. The van der Waals surface area contributed by atoms with E-state index in [1.807, 2.05) is 0 Å². The van der Waals surface area contributed by atoms with E-state index in [2.05, 4.69) is 5.32 Å². The van der Waals surface area contributed by atoms with Crippen molar-refractivity contribution >= 4 is 6.03 Å². The summed E-state index contributed by atoms with van der Waals surface area (Å²) >= 11 is 0. The van der Waals surface area contributed by atoms with Crippen LogP contribution >= 0.6 is 0 Å². The summed E-state index contributed by atoms with van der Waals surface area (Å²) in [6, 6.07) is -0.940. The zero-order valence-electron chi connectivity index (χ0n) is 7.33. The van der Waals surface area contributed by atoms with E-state index in [1.165, 1.54) is 13.8 Å². The van der Waals surface area contributed by atoms with E-state index < -0.39 is 24.4 Å². The molecule has 0 atom stereocenters. The van der Waals surface area contributed by atoms with E-state index in [1.54, 1.807) is 5.32 Å². The lowest BCUT2D eigenvalue weighted by Gasteiger charge is -2.21. The van der Waals surface area contributed by atoms with Crippen molar-refractivity contribution in [2.24, 2.45) is 5.73 Å². The van der Waals surface area contributed by atoms with E-state index in [9.17, 15) is 18.0 Å². The summed E-state index contributed by atoms with van der Waals surface area (Å²) in [5.41, 5.74) is 4.29. The highest BCUT2D eigenvalue weighted by molar-refractivity contribution is 5.74. The maximum atomic E-state index is 11.6. The standard InChI is InChI=1S/C6H12F3N3O/c1-5(2,10)12-4(13)11-3-6(7,8)9/h3,10H2,1-2H3,(H2,11,12,13). The van der Waals surface area contributed by atoms with Gasteiger partial charge in [0.25, 0.3) is 0 Å². The second kappa shape index (κ2) is 3.82. The molecule has 0 aliphatic carbocycles. The zero-order valence-corrected chi connectivity index (χ0v) is 7.33. The number of rotatable bonds is 2. The fraction of sp³-hybridized carbons (Fsp3) is 0.833. The molecule has 0 spiro atoms. The van der Waals surface area contributed by atoms with Crippen molar-refractivity contribution in [3.05, 3.63) is 0 Å². The van der Waals surface area contributed by atoms with Gasteiger partial charge in [0.05, 0.1) is 5.66 Å². The van der Waals surface area contributed by atoms with E-state index in [4.69, 9.17) is 5.73 Å². The Morgan fingerprint density at radius 1 is 1.38 bits per heavy atom. The second-order valence-electron chi connectivity index (χ2n) is 3.14. The van der Waals surface area contributed by atoms with Crippen LogP contribution in [0.5, 0.6) is 0 Å². The molecule has 7 heteroatoms. The van der Waals surface area contributed by atoms with Crippen molar-refractivity contribution in [2.45, 2.75) is 25.7 Å². The molecule has 0 saturated heterocycles. The van der Waals surface area contributed by atoms with Crippen molar-refractivity contribution in [1.82, 2.24) is 10.6 Å². The number of hydrogen-bond donors (Lipinski definition) is 3. The molecule has 4 N–H and O–H groups in total. The van der Waals surface area contributed by atoms with E-state index >= 15 is 0 Å². The summed E-state index contributed by atoms with van der Waals surface area (Å²) in [6.45, 7) is 1.55. The van der Waals surface area contributed by atoms with Crippen LogP contribution in [0.2, 0.25) is 0 Å². The normalized spacial score (nSPS) is 12.5. The van der Waals surface area contributed by atoms with Crippen LogP contribution in [0.4, 0.5) is 18.0 Å². The Morgan fingerprint density at radius 3 is 2.15 bits per heavy atom. The molecule has 0 rings (SSSR count). The summed E-state index contributed by atoms with van der Waals surface area (Å²) in [6.07, 6.45) is -4.41. The molecule has 0 saturated carbocycles. The largest absolute Gasteiger partial charge is 0.405 e. The number of hydrogen-bond acceptors (Lipinski definition) is 2. The Balaban J connectivity index is 3.78. The van der Waals surface area contributed by atoms with Crippen LogP contribution < -0.4 is 16.4 Å². The highest BCUT2D eigenvalue weighted by Gasteiger charge is 2.28. The van der Waals surface area contributed by atoms with Crippen molar-refractivity contribution in [3.63, 3.8) is 0 Å². The monoisotopic (exact) mass is 199 g/mol. The van der Waals surface area contributed by atoms with Gasteiger partial charge in [-0.25, -0.2) is 4.79 Å². The first-order valence-corrected chi connectivity index (χ1v) is 3.52. The summed E-state index contributed by atoms with van der Waals surface area (Å²) in [7, 11) is 0. The van der Waals surface area contributed by atoms with E-state index in [-0.39, 0.29) is 0 Å². The van der Waals surface area contributed by atoms with Crippen molar-refractivity contribution in [3.8, 4) is 0 Å². The first-order valence-electron chi connectivity index (χ1n) is 3.52. The predicted molar refractivity (Wildman–Crippen MR) is 40.9 cm³/mol. The Morgan fingerprint density at radius 2 is 1.85 bits per heavy atom. The summed E-state index contributed by atoms with van der Waals surface area (Å²) in [5, 5.41) is 3.74. The van der Waals surface area contributed by atoms with Crippen molar-refractivity contribution in [1.29, 1.82) is 0 Å². The third kappa shape index (κ3) is 8.93. The number of halogens is 3. The number of nitrogens with one attached hydrogen (secondary N) is 2. The van der Waals surface area contributed by atoms with Gasteiger partial charge in [0.15, 0.2) is 0 Å². The molecule has 13 heavy (non-hydrogen) atoms. The van der Waals surface area contributed by atoms with Crippen LogP contribution in [-0.4, -0.2) is 24.4 Å². The number of carbonyl (C=O) groups excluding carboxylic acids is 1. The van der Waals surface area contributed by atoms with Gasteiger partial charge in [-0.05, 0) is 13.8 Å². The lowest BCUT2D eigenvalue weighted by Crippen LogP contribution is -2.55. The van der Waals surface area contributed by atoms with Gasteiger partial charge in [0.2, 0.25) is 0 Å². The molecule has 0 unspecified atom stereocenters. The molecular weight excluding hydrogens is 187 g/mol. The van der Waals surface area contributed by atoms with Gasteiger partial charge in [-0.3, -0.25) is 0 Å². The lowest BCUT2D eigenvalue weighted by molar-refractivity contribution is -0.122. The molecule has 0 aromatic heterocycles. The van der Waals surface area contributed by atoms with Crippen molar-refractivity contribution < 1.29 is 18.0 Å². The fourth-order valence-corrected chi connectivity index (χ4v) is 0.517. The van der Waals surface area contributed by atoms with Crippen LogP contribution in [0.1, 0.15) is 13.8 Å². The minimum atomic E-state index is -4.41. The number of nitrogens with two attached hydrogens (primary N) is 1. The number of carbonyl (C=O) groups is 1. The van der Waals surface area contributed by atoms with Gasteiger partial charge in [0, 0.05) is 0 Å². The average Bonchev–Trinajstić information content (AvgIpc) is 1.78. The SMILES string of the molecule is CC(C)(N)NC(=O)NCC(F)(F)F. The first-order chi connectivity index (χ1) is 5.60. The van der Waals surface area contributed by atoms with Gasteiger partial charge < -0.3 is 16.4 Å². The minimum absolute atomic E-state index is 0.940. The third-order valence-electron chi connectivity index (χ3n) is 0.885. The van der Waals surface area contributed by atoms with Gasteiger partial charge in [-0.15, -0.1) is 0 Å². The van der Waals surface area contributed by atoms with Gasteiger partial charge in [-0.1, -0.05) is 0 Å². The number of urea groups is 1. The van der Waals surface area contributed by atoms with E-state index in [0.717, 1.165) is 0 Å². The van der Waals surface area contributed by atoms with Gasteiger partial charge in [0.1, 0.15) is 6.54 Å². The summed E-state index contributed by atoms with van der Waals surface area (Å²) in [5.74, 6) is 0. The quantitative estimate of drug-likeness (QED) is 0.568. The maximum Gasteiger partial charge on any atom is 0.405 e. The Kier molecular flexibility index (Phi) is 3.53. The molecule has 0 aliphatic heterocycles. The van der Waals surface area contributed by atoms with Crippen LogP contribution in [0.25, 0.3) is 0 Å². The minimum Gasteiger partial charge on any atom is -0.329 e. The molecule has 0 fully saturated rings. The summed E-state index contributed by atoms with van der Waals surface area (Å²) < 4.78 is 34.7. The molecule has 78 valence electrons. The maximum absolute atomic E-state index is 11.6. The predicted octanol–water partition coefficient (Wildman–Crippen LogP) is 0.543. The molecule has 2 amide bonds. The van der Waals surface area contributed by atoms with Crippen LogP contribution in [0.15, 0.2) is 0 Å². The highest BCUT2D eigenvalue weighted by atomic mass is 19.4. The highest BCUT2D eigenvalue weighted by Crippen LogP contribution is 2.11. The number of alkyl halides is 3. The molecule has 4 nitrogen and oxygen atoms in total. The van der Waals surface area contributed by atoms with Crippen LogP contribution in [0.3, 0.4) is 0 Å². The molecule has 0 aromatic rings.